The maximum Gasteiger partial charge on any atom is 0.137 e. The summed E-state index contributed by atoms with van der Waals surface area (Å²) in [7, 11) is 1.82. The molecule has 1 aliphatic rings. The lowest BCUT2D eigenvalue weighted by molar-refractivity contribution is 0.335. The van der Waals surface area contributed by atoms with Gasteiger partial charge in [-0.25, -0.2) is 8.78 Å². The van der Waals surface area contributed by atoms with Gasteiger partial charge in [0.2, 0.25) is 0 Å². The predicted octanol–water partition coefficient (Wildman–Crippen LogP) is 5.24. The molecule has 0 aromatic heterocycles. The summed E-state index contributed by atoms with van der Waals surface area (Å²) in [5.41, 5.74) is 5.60. The van der Waals surface area contributed by atoms with Crippen molar-refractivity contribution < 1.29 is 13.5 Å². The Morgan fingerprint density at radius 1 is 1.12 bits per heavy atom. The first-order chi connectivity index (χ1) is 12.4. The zero-order valence-corrected chi connectivity index (χ0v) is 15.5. The summed E-state index contributed by atoms with van der Waals surface area (Å²) in [4.78, 5) is 0. The van der Waals surface area contributed by atoms with Gasteiger partial charge in [0.1, 0.15) is 17.4 Å². The van der Waals surface area contributed by atoms with Crippen molar-refractivity contribution in [3.63, 3.8) is 0 Å². The maximum absolute atomic E-state index is 14.8. The molecular formula is C20H19ClF2N2O. The van der Waals surface area contributed by atoms with Crippen LogP contribution in [-0.2, 0) is 0 Å². The Balaban J connectivity index is 2.16. The number of nitrogens with one attached hydrogen (secondary N) is 1. The van der Waals surface area contributed by atoms with Crippen molar-refractivity contribution in [1.82, 2.24) is 10.4 Å². The number of hydrazine groups is 1. The number of hydrogen-bond acceptors (Lipinski definition) is 3. The summed E-state index contributed by atoms with van der Waals surface area (Å²) < 4.78 is 34.8. The van der Waals surface area contributed by atoms with Gasteiger partial charge in [-0.1, -0.05) is 23.7 Å². The van der Waals surface area contributed by atoms with Crippen LogP contribution in [0.3, 0.4) is 0 Å². The Morgan fingerprint density at radius 2 is 1.73 bits per heavy atom. The zero-order chi connectivity index (χ0) is 18.8. The minimum Gasteiger partial charge on any atom is -0.494 e. The fourth-order valence-electron chi connectivity index (χ4n) is 3.02. The molecule has 2 aromatic rings. The second kappa shape index (κ2) is 7.38. The van der Waals surface area contributed by atoms with E-state index in [9.17, 15) is 8.78 Å². The van der Waals surface area contributed by atoms with Gasteiger partial charge in [0.05, 0.1) is 12.2 Å². The lowest BCUT2D eigenvalue weighted by atomic mass is 9.90. The van der Waals surface area contributed by atoms with E-state index in [1.54, 1.807) is 37.2 Å². The largest absolute Gasteiger partial charge is 0.494 e. The van der Waals surface area contributed by atoms with E-state index in [4.69, 9.17) is 16.3 Å². The molecule has 0 saturated heterocycles. The third-order valence-corrected chi connectivity index (χ3v) is 4.29. The minimum absolute atomic E-state index is 0.0900. The Bertz CT molecular complexity index is 868. The van der Waals surface area contributed by atoms with E-state index in [0.29, 0.717) is 28.5 Å². The van der Waals surface area contributed by atoms with Crippen molar-refractivity contribution in [3.8, 4) is 5.75 Å². The van der Waals surface area contributed by atoms with E-state index in [2.05, 4.69) is 5.43 Å². The number of nitrogens with zero attached hydrogens (tertiary/aromatic N) is 1. The van der Waals surface area contributed by atoms with Gasteiger partial charge in [0.25, 0.3) is 0 Å². The molecule has 0 atom stereocenters. The number of rotatable bonds is 4. The normalized spacial score (nSPS) is 14.2. The van der Waals surface area contributed by atoms with Gasteiger partial charge in [0.15, 0.2) is 0 Å². The third-order valence-electron chi connectivity index (χ3n) is 4.04. The van der Waals surface area contributed by atoms with Crippen LogP contribution in [0, 0.1) is 11.6 Å². The van der Waals surface area contributed by atoms with Gasteiger partial charge >= 0.3 is 0 Å². The van der Waals surface area contributed by atoms with Crippen molar-refractivity contribution in [1.29, 1.82) is 0 Å². The molecule has 0 unspecified atom stereocenters. The lowest BCUT2D eigenvalue weighted by Crippen LogP contribution is -2.32. The summed E-state index contributed by atoms with van der Waals surface area (Å²) >= 11 is 5.97. The predicted molar refractivity (Wildman–Crippen MR) is 100 cm³/mol. The highest BCUT2D eigenvalue weighted by atomic mass is 35.5. The van der Waals surface area contributed by atoms with Crippen LogP contribution in [0.15, 0.2) is 48.3 Å². The van der Waals surface area contributed by atoms with E-state index in [-0.39, 0.29) is 11.3 Å². The van der Waals surface area contributed by atoms with Crippen molar-refractivity contribution in [3.05, 3.63) is 76.1 Å². The number of ether oxygens (including phenoxy) is 1. The molecule has 0 saturated carbocycles. The van der Waals surface area contributed by atoms with Gasteiger partial charge in [-0.2, -0.15) is 0 Å². The molecule has 0 spiro atoms. The van der Waals surface area contributed by atoms with E-state index in [0.717, 1.165) is 5.56 Å². The van der Waals surface area contributed by atoms with Crippen LogP contribution >= 0.6 is 11.6 Å². The van der Waals surface area contributed by atoms with Gasteiger partial charge < -0.3 is 10.2 Å². The standard InChI is InChI=1S/C20H19ClF2N2O/c1-4-26-15-9-17(22)20(18(23)10-15)19-12(2)24-25(3)11-16(19)13-5-7-14(21)8-6-13/h5-11,24H,4H2,1-3H3. The smallest absolute Gasteiger partial charge is 0.137 e. The molecular weight excluding hydrogens is 358 g/mol. The van der Waals surface area contributed by atoms with Gasteiger partial charge in [0, 0.05) is 47.2 Å². The molecule has 3 nitrogen and oxygen atoms in total. The summed E-state index contributed by atoms with van der Waals surface area (Å²) in [5, 5.41) is 2.34. The van der Waals surface area contributed by atoms with Crippen molar-refractivity contribution in [2.45, 2.75) is 13.8 Å². The van der Waals surface area contributed by atoms with E-state index in [1.165, 1.54) is 12.1 Å². The molecule has 3 rings (SSSR count). The Labute approximate surface area is 156 Å². The SMILES string of the molecule is CCOc1cc(F)c(C2=C(C)NN(C)C=C2c2ccc(Cl)cc2)c(F)c1. The average Bonchev–Trinajstić information content (AvgIpc) is 2.57. The molecule has 6 heteroatoms. The molecule has 136 valence electrons. The first-order valence-electron chi connectivity index (χ1n) is 8.21. The highest BCUT2D eigenvalue weighted by Gasteiger charge is 2.25. The van der Waals surface area contributed by atoms with Crippen LogP contribution in [0.5, 0.6) is 5.75 Å². The van der Waals surface area contributed by atoms with Gasteiger partial charge in [-0.15, -0.1) is 0 Å². The first-order valence-corrected chi connectivity index (χ1v) is 8.59. The summed E-state index contributed by atoms with van der Waals surface area (Å²) in [6.45, 7) is 3.88. The molecule has 1 heterocycles. The molecule has 1 aliphatic heterocycles. The van der Waals surface area contributed by atoms with Crippen LogP contribution < -0.4 is 10.2 Å². The second-order valence-electron chi connectivity index (χ2n) is 5.97. The lowest BCUT2D eigenvalue weighted by Gasteiger charge is -2.29. The third kappa shape index (κ3) is 3.53. The van der Waals surface area contributed by atoms with E-state index < -0.39 is 11.6 Å². The number of allylic oxidation sites excluding steroid dienone is 3. The molecule has 1 N–H and O–H groups in total. The van der Waals surface area contributed by atoms with Gasteiger partial charge in [-0.05, 0) is 31.5 Å². The Morgan fingerprint density at radius 3 is 2.31 bits per heavy atom. The zero-order valence-electron chi connectivity index (χ0n) is 14.7. The quantitative estimate of drug-likeness (QED) is 0.789. The summed E-state index contributed by atoms with van der Waals surface area (Å²) in [5.74, 6) is -1.18. The molecule has 0 fully saturated rings. The second-order valence-corrected chi connectivity index (χ2v) is 6.40. The maximum atomic E-state index is 14.8. The molecule has 0 amide bonds. The summed E-state index contributed by atoms with van der Waals surface area (Å²) in [6.07, 6.45) is 1.79. The van der Waals surface area contributed by atoms with Crippen LogP contribution in [-0.4, -0.2) is 18.7 Å². The molecule has 0 bridgehead atoms. The van der Waals surface area contributed by atoms with Crippen LogP contribution in [0.2, 0.25) is 5.02 Å². The number of hydrogen-bond donors (Lipinski definition) is 1. The van der Waals surface area contributed by atoms with Gasteiger partial charge in [-0.3, -0.25) is 5.01 Å². The van der Waals surface area contributed by atoms with E-state index >= 15 is 0 Å². The highest BCUT2D eigenvalue weighted by Crippen LogP contribution is 2.39. The molecule has 2 aromatic carbocycles. The average molecular weight is 377 g/mol. The topological polar surface area (TPSA) is 24.5 Å². The van der Waals surface area contributed by atoms with Crippen LogP contribution in [0.25, 0.3) is 11.1 Å². The fourth-order valence-corrected chi connectivity index (χ4v) is 3.15. The summed E-state index contributed by atoms with van der Waals surface area (Å²) in [6, 6.07) is 9.56. The highest BCUT2D eigenvalue weighted by molar-refractivity contribution is 6.30. The minimum atomic E-state index is -0.672. The van der Waals surface area contributed by atoms with Crippen molar-refractivity contribution >= 4 is 22.7 Å². The first kappa shape index (κ1) is 18.3. The fraction of sp³-hybridized carbons (Fsp3) is 0.200. The van der Waals surface area contributed by atoms with Crippen molar-refractivity contribution in [2.75, 3.05) is 13.7 Å². The van der Waals surface area contributed by atoms with E-state index in [1.807, 2.05) is 19.2 Å². The molecule has 0 aliphatic carbocycles. The number of benzene rings is 2. The molecule has 0 radical (unpaired) electrons. The monoisotopic (exact) mass is 376 g/mol. The van der Waals surface area contributed by atoms with Crippen molar-refractivity contribution in [2.24, 2.45) is 0 Å². The Hall–Kier alpha value is -2.53. The molecule has 26 heavy (non-hydrogen) atoms. The van der Waals surface area contributed by atoms with Crippen LogP contribution in [0.1, 0.15) is 25.0 Å². The Kier molecular flexibility index (Phi) is 5.18. The van der Waals surface area contributed by atoms with Crippen LogP contribution in [0.4, 0.5) is 8.78 Å². The number of halogens is 3.